The van der Waals surface area contributed by atoms with Crippen LogP contribution in [0.2, 0.25) is 5.02 Å². The molecule has 0 atom stereocenters. The maximum atomic E-state index is 13.3. The molecule has 1 saturated heterocycles. The molecule has 3 aromatic rings. The van der Waals surface area contributed by atoms with E-state index in [-0.39, 0.29) is 17.5 Å². The lowest BCUT2D eigenvalue weighted by atomic mass is 9.93. The summed E-state index contributed by atoms with van der Waals surface area (Å²) in [6.07, 6.45) is 6.00. The standard InChI is InChI=1S/C28H32ClN3O2/c1-3-31(2)17-18-10-12-32(13-11-18)27-22-14-20(21-7-9-26(33)24(29)15-21)6-8-25(22)30-16-23(27)28(34)19-4-5-19/h6-9,14-16,18-19,33H,3-5,10-13,17H2,1-2H3. The number of hydrogen-bond acceptors (Lipinski definition) is 5. The number of anilines is 1. The SMILES string of the molecule is CCN(C)CC1CCN(c2c(C(=O)C3CC3)cnc3ccc(-c4ccc(O)c(Cl)c4)cc23)CC1. The first-order valence-corrected chi connectivity index (χ1v) is 12.7. The first-order chi connectivity index (χ1) is 16.4. The Morgan fingerprint density at radius 2 is 1.82 bits per heavy atom. The summed E-state index contributed by atoms with van der Waals surface area (Å²) in [4.78, 5) is 22.8. The van der Waals surface area contributed by atoms with E-state index in [0.29, 0.717) is 10.9 Å². The fourth-order valence-corrected chi connectivity index (χ4v) is 5.22. The fraction of sp³-hybridized carbons (Fsp3) is 0.429. The minimum atomic E-state index is 0.0717. The second-order valence-electron chi connectivity index (χ2n) is 9.84. The summed E-state index contributed by atoms with van der Waals surface area (Å²) in [5, 5.41) is 11.2. The van der Waals surface area contributed by atoms with Gasteiger partial charge in [0.05, 0.1) is 21.8 Å². The quantitative estimate of drug-likeness (QED) is 0.421. The lowest BCUT2D eigenvalue weighted by molar-refractivity contribution is 0.0968. The van der Waals surface area contributed by atoms with E-state index < -0.39 is 0 Å². The van der Waals surface area contributed by atoms with Crippen molar-refractivity contribution in [2.45, 2.75) is 32.6 Å². The van der Waals surface area contributed by atoms with Gasteiger partial charge in [-0.25, -0.2) is 0 Å². The van der Waals surface area contributed by atoms with Crippen molar-refractivity contribution in [3.63, 3.8) is 0 Å². The van der Waals surface area contributed by atoms with Crippen LogP contribution in [0.4, 0.5) is 5.69 Å². The zero-order valence-corrected chi connectivity index (χ0v) is 20.7. The average Bonchev–Trinajstić information content (AvgIpc) is 3.70. The van der Waals surface area contributed by atoms with Crippen LogP contribution in [0.25, 0.3) is 22.0 Å². The van der Waals surface area contributed by atoms with Crippen molar-refractivity contribution in [3.8, 4) is 16.9 Å². The van der Waals surface area contributed by atoms with E-state index in [1.165, 1.54) is 0 Å². The Hall–Kier alpha value is -2.63. The monoisotopic (exact) mass is 477 g/mol. The van der Waals surface area contributed by atoms with Gasteiger partial charge >= 0.3 is 0 Å². The highest BCUT2D eigenvalue weighted by Gasteiger charge is 2.34. The van der Waals surface area contributed by atoms with Crippen LogP contribution in [0.1, 0.15) is 43.0 Å². The van der Waals surface area contributed by atoms with Crippen LogP contribution in [-0.4, -0.2) is 54.0 Å². The van der Waals surface area contributed by atoms with Gasteiger partial charge in [0.1, 0.15) is 5.75 Å². The summed E-state index contributed by atoms with van der Waals surface area (Å²) in [7, 11) is 2.19. The largest absolute Gasteiger partial charge is 0.506 e. The smallest absolute Gasteiger partial charge is 0.169 e. The molecule has 6 heteroatoms. The number of nitrogens with zero attached hydrogens (tertiary/aromatic N) is 3. The zero-order chi connectivity index (χ0) is 23.8. The molecule has 2 aromatic carbocycles. The topological polar surface area (TPSA) is 56.7 Å². The van der Waals surface area contributed by atoms with Gasteiger partial charge in [0.15, 0.2) is 5.78 Å². The Morgan fingerprint density at radius 1 is 1.12 bits per heavy atom. The lowest BCUT2D eigenvalue weighted by Gasteiger charge is -2.36. The van der Waals surface area contributed by atoms with Crippen molar-refractivity contribution in [2.24, 2.45) is 11.8 Å². The Kier molecular flexibility index (Phi) is 6.50. The van der Waals surface area contributed by atoms with E-state index >= 15 is 0 Å². The summed E-state index contributed by atoms with van der Waals surface area (Å²) in [6, 6.07) is 11.4. The van der Waals surface area contributed by atoms with Gasteiger partial charge in [-0.1, -0.05) is 30.7 Å². The molecule has 34 heavy (non-hydrogen) atoms. The molecule has 1 N–H and O–H groups in total. The molecule has 0 amide bonds. The van der Waals surface area contributed by atoms with Crippen LogP contribution >= 0.6 is 11.6 Å². The number of piperidine rings is 1. The minimum Gasteiger partial charge on any atom is -0.506 e. The lowest BCUT2D eigenvalue weighted by Crippen LogP contribution is -2.38. The molecule has 0 spiro atoms. The number of carbonyl (C=O) groups is 1. The molecule has 5 nitrogen and oxygen atoms in total. The maximum absolute atomic E-state index is 13.3. The van der Waals surface area contributed by atoms with Gasteiger partial charge in [-0.2, -0.15) is 0 Å². The second-order valence-corrected chi connectivity index (χ2v) is 10.2. The number of fused-ring (bicyclic) bond motifs is 1. The number of phenolic OH excluding ortho intramolecular Hbond substituents is 1. The summed E-state index contributed by atoms with van der Waals surface area (Å²) in [5.41, 5.74) is 4.61. The second kappa shape index (κ2) is 9.55. The van der Waals surface area contributed by atoms with Crippen LogP contribution in [0.5, 0.6) is 5.75 Å². The third-order valence-corrected chi connectivity index (χ3v) is 7.68. The van der Waals surface area contributed by atoms with E-state index in [0.717, 1.165) is 85.1 Å². The number of Topliss-reactive ketones (excluding diaryl/α,β-unsaturated/α-hetero) is 1. The van der Waals surface area contributed by atoms with Crippen LogP contribution < -0.4 is 4.90 Å². The van der Waals surface area contributed by atoms with Gasteiger partial charge in [0, 0.05) is 37.1 Å². The zero-order valence-electron chi connectivity index (χ0n) is 19.9. The molecule has 2 aliphatic rings. The van der Waals surface area contributed by atoms with E-state index in [4.69, 9.17) is 11.6 Å². The Balaban J connectivity index is 1.55. The number of phenols is 1. The van der Waals surface area contributed by atoms with Gasteiger partial charge in [0.2, 0.25) is 0 Å². The highest BCUT2D eigenvalue weighted by Crippen LogP contribution is 2.40. The van der Waals surface area contributed by atoms with Crippen LogP contribution in [0.3, 0.4) is 0 Å². The van der Waals surface area contributed by atoms with Crippen LogP contribution in [0.15, 0.2) is 42.6 Å². The summed E-state index contributed by atoms with van der Waals surface area (Å²) < 4.78 is 0. The number of pyridine rings is 1. The van der Waals surface area contributed by atoms with Gasteiger partial charge in [-0.3, -0.25) is 9.78 Å². The van der Waals surface area contributed by atoms with Crippen LogP contribution in [0, 0.1) is 11.8 Å². The highest BCUT2D eigenvalue weighted by atomic mass is 35.5. The molecule has 1 aliphatic carbocycles. The normalized spacial score (nSPS) is 17.0. The average molecular weight is 478 g/mol. The van der Waals surface area contributed by atoms with Gasteiger partial charge < -0.3 is 14.9 Å². The molecule has 5 rings (SSSR count). The number of carbonyl (C=O) groups excluding carboxylic acids is 1. The molecule has 0 unspecified atom stereocenters. The molecule has 1 aromatic heterocycles. The Labute approximate surface area is 206 Å². The van der Waals surface area contributed by atoms with Crippen molar-refractivity contribution < 1.29 is 9.90 Å². The number of aromatic nitrogens is 1. The third-order valence-electron chi connectivity index (χ3n) is 7.37. The molecule has 1 aliphatic heterocycles. The van der Waals surface area contributed by atoms with E-state index in [1.54, 1.807) is 18.3 Å². The minimum absolute atomic E-state index is 0.0717. The third kappa shape index (κ3) is 4.64. The maximum Gasteiger partial charge on any atom is 0.169 e. The van der Waals surface area contributed by atoms with E-state index in [1.807, 2.05) is 18.2 Å². The molecule has 2 heterocycles. The van der Waals surface area contributed by atoms with Crippen LogP contribution in [-0.2, 0) is 0 Å². The number of rotatable bonds is 7. The van der Waals surface area contributed by atoms with Crippen molar-refractivity contribution in [1.29, 1.82) is 0 Å². The van der Waals surface area contributed by atoms with Gasteiger partial charge in [-0.15, -0.1) is 0 Å². The number of ketones is 1. The van der Waals surface area contributed by atoms with Gasteiger partial charge in [0.25, 0.3) is 0 Å². The molecule has 2 fully saturated rings. The van der Waals surface area contributed by atoms with Crippen molar-refractivity contribution in [1.82, 2.24) is 9.88 Å². The predicted molar refractivity (Wildman–Crippen MR) is 139 cm³/mol. The number of aromatic hydroxyl groups is 1. The summed E-state index contributed by atoms with van der Waals surface area (Å²) in [5.74, 6) is 1.14. The Bertz CT molecular complexity index is 1220. The number of benzene rings is 2. The molecular formula is C28H32ClN3O2. The fourth-order valence-electron chi connectivity index (χ4n) is 5.04. The molecule has 0 bridgehead atoms. The highest BCUT2D eigenvalue weighted by molar-refractivity contribution is 6.32. The molecule has 178 valence electrons. The number of hydrogen-bond donors (Lipinski definition) is 1. The van der Waals surface area contributed by atoms with Crippen molar-refractivity contribution >= 4 is 34.0 Å². The molecule has 0 radical (unpaired) electrons. The summed E-state index contributed by atoms with van der Waals surface area (Å²) in [6.45, 7) is 6.29. The Morgan fingerprint density at radius 3 is 2.50 bits per heavy atom. The van der Waals surface area contributed by atoms with E-state index in [9.17, 15) is 9.90 Å². The predicted octanol–water partition coefficient (Wildman–Crippen LogP) is 6.02. The first-order valence-electron chi connectivity index (χ1n) is 12.3. The van der Waals surface area contributed by atoms with E-state index in [2.05, 4.69) is 34.8 Å². The molecule has 1 saturated carbocycles. The first kappa shape index (κ1) is 23.1. The van der Waals surface area contributed by atoms with Crippen molar-refractivity contribution in [3.05, 3.63) is 53.2 Å². The van der Waals surface area contributed by atoms with Crippen molar-refractivity contribution in [2.75, 3.05) is 38.1 Å². The number of halogens is 1. The molecular weight excluding hydrogens is 446 g/mol. The summed E-state index contributed by atoms with van der Waals surface area (Å²) >= 11 is 6.18. The van der Waals surface area contributed by atoms with Gasteiger partial charge in [-0.05, 0) is 80.6 Å².